The Balaban J connectivity index is 2.51. The minimum Gasteiger partial charge on any atom is -0.465 e. The van der Waals surface area contributed by atoms with E-state index in [1.807, 2.05) is 0 Å². The van der Waals surface area contributed by atoms with Crippen molar-refractivity contribution in [1.82, 2.24) is 4.90 Å². The lowest BCUT2D eigenvalue weighted by atomic mass is 10.00. The van der Waals surface area contributed by atoms with Gasteiger partial charge in [0.25, 0.3) is 0 Å². The van der Waals surface area contributed by atoms with Gasteiger partial charge in [-0.3, -0.25) is 4.79 Å². The molecule has 1 fully saturated rings. The van der Waals surface area contributed by atoms with E-state index >= 15 is 0 Å². The van der Waals surface area contributed by atoms with Gasteiger partial charge in [-0.05, 0) is 24.4 Å². The van der Waals surface area contributed by atoms with E-state index in [0.717, 1.165) is 6.42 Å². The van der Waals surface area contributed by atoms with Crippen LogP contribution in [0.3, 0.4) is 0 Å². The van der Waals surface area contributed by atoms with E-state index in [4.69, 9.17) is 16.7 Å². The molecule has 4 nitrogen and oxygen atoms in total. The molecule has 5 heteroatoms. The van der Waals surface area contributed by atoms with E-state index in [0.29, 0.717) is 13.0 Å². The minimum atomic E-state index is -0.974. The minimum absolute atomic E-state index is 0.248. The smallest absolute Gasteiger partial charge is 0.407 e. The van der Waals surface area contributed by atoms with Crippen molar-refractivity contribution in [3.05, 3.63) is 0 Å². The largest absolute Gasteiger partial charge is 0.465 e. The molecule has 0 aromatic heterocycles. The maximum atomic E-state index is 10.7. The Morgan fingerprint density at radius 3 is 2.67 bits per heavy atom. The van der Waals surface area contributed by atoms with E-state index in [1.165, 1.54) is 4.90 Å². The number of carbonyl (C=O) groups is 2. The third-order valence-corrected chi connectivity index (χ3v) is 2.32. The molecule has 1 saturated heterocycles. The van der Waals surface area contributed by atoms with E-state index < -0.39 is 11.3 Å². The quantitative estimate of drug-likeness (QED) is 0.633. The highest BCUT2D eigenvalue weighted by molar-refractivity contribution is 6.64. The molecule has 0 bridgehead atoms. The predicted octanol–water partition coefficient (Wildman–Crippen LogP) is 1.14. The number of piperidine rings is 1. The number of likely N-dealkylation sites (tertiary alicyclic amines) is 1. The molecule has 1 aliphatic heterocycles. The lowest BCUT2D eigenvalue weighted by Gasteiger charge is -2.28. The zero-order valence-corrected chi connectivity index (χ0v) is 7.25. The number of nitrogens with zero attached hydrogens (tertiary/aromatic N) is 1. The summed E-state index contributed by atoms with van der Waals surface area (Å²) in [6.07, 6.45) is 0.444. The SMILES string of the molecule is O=C(Cl)C1CCCN(C(=O)O)C1. The molecular formula is C7H10ClNO3. The van der Waals surface area contributed by atoms with Gasteiger partial charge < -0.3 is 10.0 Å². The summed E-state index contributed by atoms with van der Waals surface area (Å²) in [7, 11) is 0. The third-order valence-electron chi connectivity index (χ3n) is 2.01. The normalized spacial score (nSPS) is 23.8. The summed E-state index contributed by atoms with van der Waals surface area (Å²) in [5.74, 6) is -0.309. The van der Waals surface area contributed by atoms with Crippen molar-refractivity contribution in [3.8, 4) is 0 Å². The molecule has 12 heavy (non-hydrogen) atoms. The average Bonchev–Trinajstić information content (AvgIpc) is 2.04. The fourth-order valence-corrected chi connectivity index (χ4v) is 1.51. The molecule has 0 aromatic carbocycles. The Labute approximate surface area is 75.1 Å². The number of hydrogen-bond acceptors (Lipinski definition) is 2. The first-order valence-corrected chi connectivity index (χ1v) is 4.16. The number of halogens is 1. The maximum absolute atomic E-state index is 10.7. The maximum Gasteiger partial charge on any atom is 0.407 e. The van der Waals surface area contributed by atoms with E-state index in [-0.39, 0.29) is 12.5 Å². The zero-order chi connectivity index (χ0) is 9.14. The summed E-state index contributed by atoms with van der Waals surface area (Å²) in [4.78, 5) is 22.4. The summed E-state index contributed by atoms with van der Waals surface area (Å²) in [6, 6.07) is 0. The molecule has 1 atom stereocenters. The van der Waals surface area contributed by atoms with Crippen LogP contribution in [0.25, 0.3) is 0 Å². The summed E-state index contributed by atoms with van der Waals surface area (Å²) in [6.45, 7) is 0.758. The van der Waals surface area contributed by atoms with Gasteiger partial charge in [0.05, 0.1) is 5.92 Å². The standard InChI is InChI=1S/C7H10ClNO3/c8-6(10)5-2-1-3-9(4-5)7(11)12/h5H,1-4H2,(H,11,12). The summed E-state index contributed by atoms with van der Waals surface area (Å²) < 4.78 is 0. The van der Waals surface area contributed by atoms with Crippen molar-refractivity contribution in [3.63, 3.8) is 0 Å². The van der Waals surface area contributed by atoms with Crippen LogP contribution < -0.4 is 0 Å². The molecule has 68 valence electrons. The molecular weight excluding hydrogens is 182 g/mol. The Kier molecular flexibility index (Phi) is 2.92. The van der Waals surface area contributed by atoms with Crippen molar-refractivity contribution >= 4 is 22.9 Å². The van der Waals surface area contributed by atoms with Gasteiger partial charge >= 0.3 is 6.09 Å². The topological polar surface area (TPSA) is 57.6 Å². The number of amides is 1. The van der Waals surface area contributed by atoms with E-state index in [1.54, 1.807) is 0 Å². The summed E-state index contributed by atoms with van der Waals surface area (Å²) in [5, 5.41) is 8.18. The highest BCUT2D eigenvalue weighted by Crippen LogP contribution is 2.18. The first-order chi connectivity index (χ1) is 5.61. The highest BCUT2D eigenvalue weighted by atomic mass is 35.5. The van der Waals surface area contributed by atoms with Gasteiger partial charge in [0, 0.05) is 13.1 Å². The van der Waals surface area contributed by atoms with Crippen molar-refractivity contribution in [1.29, 1.82) is 0 Å². The third kappa shape index (κ3) is 2.11. The lowest BCUT2D eigenvalue weighted by Crippen LogP contribution is -2.40. The van der Waals surface area contributed by atoms with Gasteiger partial charge in [-0.25, -0.2) is 4.79 Å². The molecule has 1 unspecified atom stereocenters. The van der Waals surface area contributed by atoms with Crippen LogP contribution in [0.1, 0.15) is 12.8 Å². The summed E-state index contributed by atoms with van der Waals surface area (Å²) in [5.41, 5.74) is 0. The predicted molar refractivity (Wildman–Crippen MR) is 43.2 cm³/mol. The van der Waals surface area contributed by atoms with Gasteiger partial charge in [0.1, 0.15) is 0 Å². The summed E-state index contributed by atoms with van der Waals surface area (Å²) >= 11 is 5.27. The van der Waals surface area contributed by atoms with Gasteiger partial charge in [-0.1, -0.05) is 0 Å². The molecule has 1 aliphatic rings. The van der Waals surface area contributed by atoms with Crippen LogP contribution >= 0.6 is 11.6 Å². The first-order valence-electron chi connectivity index (χ1n) is 3.78. The second kappa shape index (κ2) is 3.76. The Morgan fingerprint density at radius 1 is 1.50 bits per heavy atom. The monoisotopic (exact) mass is 191 g/mol. The van der Waals surface area contributed by atoms with Gasteiger partial charge in [-0.2, -0.15) is 0 Å². The number of carbonyl (C=O) groups excluding carboxylic acids is 1. The molecule has 1 N–H and O–H groups in total. The van der Waals surface area contributed by atoms with Crippen molar-refractivity contribution < 1.29 is 14.7 Å². The molecule has 0 aromatic rings. The Morgan fingerprint density at radius 2 is 2.17 bits per heavy atom. The van der Waals surface area contributed by atoms with Gasteiger partial charge in [-0.15, -0.1) is 0 Å². The highest BCUT2D eigenvalue weighted by Gasteiger charge is 2.26. The first kappa shape index (κ1) is 9.32. The average molecular weight is 192 g/mol. The van der Waals surface area contributed by atoms with Crippen LogP contribution in [0, 0.1) is 5.92 Å². The fourth-order valence-electron chi connectivity index (χ4n) is 1.34. The van der Waals surface area contributed by atoms with Crippen molar-refractivity contribution in [2.24, 2.45) is 5.92 Å². The Hall–Kier alpha value is -0.770. The molecule has 1 rings (SSSR count). The second-order valence-electron chi connectivity index (χ2n) is 2.87. The van der Waals surface area contributed by atoms with Crippen molar-refractivity contribution in [2.75, 3.05) is 13.1 Å². The van der Waals surface area contributed by atoms with Crippen LogP contribution in [-0.2, 0) is 4.79 Å². The number of hydrogen-bond donors (Lipinski definition) is 1. The van der Waals surface area contributed by atoms with Crippen LogP contribution in [0.4, 0.5) is 4.79 Å². The van der Waals surface area contributed by atoms with Crippen LogP contribution in [0.5, 0.6) is 0 Å². The number of carboxylic acid groups (broad SMARTS) is 1. The fraction of sp³-hybridized carbons (Fsp3) is 0.714. The molecule has 1 amide bonds. The van der Waals surface area contributed by atoms with E-state index in [9.17, 15) is 9.59 Å². The zero-order valence-electron chi connectivity index (χ0n) is 6.49. The lowest BCUT2D eigenvalue weighted by molar-refractivity contribution is -0.116. The van der Waals surface area contributed by atoms with Crippen LogP contribution in [-0.4, -0.2) is 34.4 Å². The molecule has 0 spiro atoms. The Bertz CT molecular complexity index is 187. The second-order valence-corrected chi connectivity index (χ2v) is 3.24. The van der Waals surface area contributed by atoms with Crippen LogP contribution in [0.15, 0.2) is 0 Å². The molecule has 0 saturated carbocycles. The number of rotatable bonds is 1. The van der Waals surface area contributed by atoms with Gasteiger partial charge in [0.15, 0.2) is 0 Å². The van der Waals surface area contributed by atoms with Gasteiger partial charge in [0.2, 0.25) is 5.24 Å². The van der Waals surface area contributed by atoms with Crippen LogP contribution in [0.2, 0.25) is 0 Å². The molecule has 1 heterocycles. The molecule has 0 radical (unpaired) electrons. The van der Waals surface area contributed by atoms with Crippen molar-refractivity contribution in [2.45, 2.75) is 12.8 Å². The van der Waals surface area contributed by atoms with E-state index in [2.05, 4.69) is 0 Å². The molecule has 0 aliphatic carbocycles.